The number of rotatable bonds is 10. The van der Waals surface area contributed by atoms with Crippen LogP contribution in [-0.2, 0) is 21.4 Å². The molecule has 0 saturated carbocycles. The number of hydrogen-bond acceptors (Lipinski definition) is 13. The molecule has 17 nitrogen and oxygen atoms in total. The molecule has 8 rings (SSSR count). The van der Waals surface area contributed by atoms with Gasteiger partial charge in [-0.3, -0.25) is 43.9 Å². The molecule has 2 aromatic heterocycles. The van der Waals surface area contributed by atoms with Crippen LogP contribution < -0.4 is 36.0 Å². The topological polar surface area (TPSA) is 191 Å². The Kier molecular flexibility index (Phi) is 11.0. The van der Waals surface area contributed by atoms with Crippen LogP contribution in [0.25, 0.3) is 10.9 Å². The minimum atomic E-state index is -1.00. The Hall–Kier alpha value is -6.07. The highest BCUT2D eigenvalue weighted by Crippen LogP contribution is 2.39. The first kappa shape index (κ1) is 40.7. The predicted octanol–water partition coefficient (Wildman–Crippen LogP) is 3.07. The fourth-order valence-electron chi connectivity index (χ4n) is 8.91. The summed E-state index contributed by atoms with van der Waals surface area (Å²) in [6.07, 6.45) is 3.56. The van der Waals surface area contributed by atoms with Gasteiger partial charge in [-0.15, -0.1) is 0 Å². The Morgan fingerprint density at radius 2 is 1.70 bits per heavy atom. The summed E-state index contributed by atoms with van der Waals surface area (Å²) in [6, 6.07) is 11.4. The summed E-state index contributed by atoms with van der Waals surface area (Å²) in [6.45, 7) is 8.75. The van der Waals surface area contributed by atoms with Crippen molar-refractivity contribution in [2.45, 2.75) is 51.1 Å². The van der Waals surface area contributed by atoms with Gasteiger partial charge < -0.3 is 29.7 Å². The van der Waals surface area contributed by atoms with E-state index in [4.69, 9.17) is 21.3 Å². The van der Waals surface area contributed by atoms with Crippen LogP contribution in [0.1, 0.15) is 60.2 Å². The van der Waals surface area contributed by atoms with Gasteiger partial charge in [0.25, 0.3) is 23.3 Å². The van der Waals surface area contributed by atoms with Crippen LogP contribution in [-0.4, -0.2) is 118 Å². The van der Waals surface area contributed by atoms with Gasteiger partial charge in [0.2, 0.25) is 17.8 Å². The summed E-state index contributed by atoms with van der Waals surface area (Å²) in [5, 5.41) is 9.12. The lowest BCUT2D eigenvalue weighted by Gasteiger charge is -2.50. The average molecular weight is 839 g/mol. The highest BCUT2D eigenvalue weighted by molar-refractivity contribution is 6.33. The van der Waals surface area contributed by atoms with E-state index in [1.54, 1.807) is 31.4 Å². The maximum Gasteiger partial charge on any atom is 0.293 e. The maximum absolute atomic E-state index is 13.7. The van der Waals surface area contributed by atoms with Crippen molar-refractivity contribution in [3.05, 3.63) is 75.2 Å². The molecule has 3 N–H and O–H groups in total. The first-order valence-corrected chi connectivity index (χ1v) is 20.5. The third kappa shape index (κ3) is 7.51. The second-order valence-electron chi connectivity index (χ2n) is 16.1. The number of piperidine rings is 2. The molecule has 4 aliphatic heterocycles. The SMILES string of the molecule is CNC(=O)COc1cc2cc(Nc3nc(N4CCN(C(C)(C)C5CCN(c6cccc7c6C(=O)N(C6CCC(=O)NC6=O)C7=O)CC5)CC4)ncc3Cl)ccc2n(C)c1=O. The standard InChI is InChI=1S/C42H47ClN10O7/c1-42(2,25-12-14-50(15-13-25)30-7-5-6-27-35(30)40(59)53(38(27)57)31-10-11-33(54)47-37(31)56)52-18-16-51(17-19-52)41-45-22-28(43)36(48-41)46-26-8-9-29-24(20-26)21-32(39(58)49(29)4)60-23-34(55)44-3/h5-9,20-22,25,31H,10-19,23H2,1-4H3,(H,44,55)(H,45,46,48)(H,47,54,56). The summed E-state index contributed by atoms with van der Waals surface area (Å²) >= 11 is 6.59. The van der Waals surface area contributed by atoms with Gasteiger partial charge in [-0.05, 0) is 75.4 Å². The van der Waals surface area contributed by atoms with Gasteiger partial charge in [0.1, 0.15) is 11.1 Å². The Balaban J connectivity index is 0.893. The minimum Gasteiger partial charge on any atom is -0.478 e. The number of benzene rings is 2. The van der Waals surface area contributed by atoms with Crippen LogP contribution in [0, 0.1) is 5.92 Å². The average Bonchev–Trinajstić information content (AvgIpc) is 3.50. The summed E-state index contributed by atoms with van der Waals surface area (Å²) in [4.78, 5) is 93.3. The number of pyridine rings is 1. The Labute approximate surface area is 351 Å². The summed E-state index contributed by atoms with van der Waals surface area (Å²) < 4.78 is 6.98. The number of carbonyl (C=O) groups is 5. The number of aryl methyl sites for hydroxylation is 1. The van der Waals surface area contributed by atoms with E-state index in [0.717, 1.165) is 36.2 Å². The summed E-state index contributed by atoms with van der Waals surface area (Å²) in [7, 11) is 3.15. The lowest BCUT2D eigenvalue weighted by molar-refractivity contribution is -0.136. The molecule has 4 aromatic rings. The number of aromatic nitrogens is 3. The smallest absolute Gasteiger partial charge is 0.293 e. The zero-order valence-corrected chi connectivity index (χ0v) is 34.7. The van der Waals surface area contributed by atoms with Crippen molar-refractivity contribution in [1.82, 2.24) is 35.0 Å². The number of nitrogens with one attached hydrogen (secondary N) is 3. The number of ether oxygens (including phenoxy) is 1. The van der Waals surface area contributed by atoms with Crippen molar-refractivity contribution >= 4 is 75.2 Å². The molecule has 5 amide bonds. The molecule has 0 aliphatic carbocycles. The fourth-order valence-corrected chi connectivity index (χ4v) is 9.05. The van der Waals surface area contributed by atoms with Crippen molar-refractivity contribution < 1.29 is 28.7 Å². The molecule has 1 unspecified atom stereocenters. The quantitative estimate of drug-likeness (QED) is 0.198. The van der Waals surface area contributed by atoms with E-state index < -0.39 is 29.7 Å². The number of fused-ring (bicyclic) bond motifs is 2. The molecule has 0 bridgehead atoms. The third-order valence-corrected chi connectivity index (χ3v) is 12.8. The van der Waals surface area contributed by atoms with Gasteiger partial charge in [-0.25, -0.2) is 4.98 Å². The van der Waals surface area contributed by atoms with Crippen LogP contribution in [0.2, 0.25) is 5.02 Å². The van der Waals surface area contributed by atoms with Gasteiger partial charge in [0.05, 0.1) is 28.5 Å². The summed E-state index contributed by atoms with van der Waals surface area (Å²) in [5.41, 5.74) is 2.23. The van der Waals surface area contributed by atoms with Crippen LogP contribution in [0.4, 0.5) is 23.1 Å². The number of halogens is 1. The second-order valence-corrected chi connectivity index (χ2v) is 16.5. The number of imide groups is 2. The van der Waals surface area contributed by atoms with Crippen LogP contribution in [0.3, 0.4) is 0 Å². The molecule has 1 atom stereocenters. The van der Waals surface area contributed by atoms with E-state index in [9.17, 15) is 28.8 Å². The van der Waals surface area contributed by atoms with Gasteiger partial charge in [-0.2, -0.15) is 4.98 Å². The number of nitrogens with zero attached hydrogens (tertiary/aromatic N) is 7. The first-order valence-electron chi connectivity index (χ1n) is 20.1. The van der Waals surface area contributed by atoms with E-state index in [1.165, 1.54) is 11.6 Å². The van der Waals surface area contributed by atoms with E-state index in [1.807, 2.05) is 24.3 Å². The predicted molar refractivity (Wildman–Crippen MR) is 225 cm³/mol. The number of piperazine rings is 1. The Bertz CT molecular complexity index is 2470. The monoisotopic (exact) mass is 838 g/mol. The third-order valence-electron chi connectivity index (χ3n) is 12.5. The largest absolute Gasteiger partial charge is 0.478 e. The van der Waals surface area contributed by atoms with Crippen LogP contribution >= 0.6 is 11.6 Å². The molecule has 6 heterocycles. The maximum atomic E-state index is 13.7. The number of hydrogen-bond donors (Lipinski definition) is 3. The molecule has 0 spiro atoms. The molecule has 0 radical (unpaired) electrons. The number of likely N-dealkylation sites (N-methyl/N-ethyl adjacent to an activating group) is 1. The molecular formula is C42H47ClN10O7. The van der Waals surface area contributed by atoms with Crippen LogP contribution in [0.15, 0.2) is 53.5 Å². The highest BCUT2D eigenvalue weighted by atomic mass is 35.5. The first-order chi connectivity index (χ1) is 28.7. The highest BCUT2D eigenvalue weighted by Gasteiger charge is 2.47. The Morgan fingerprint density at radius 1 is 0.950 bits per heavy atom. The van der Waals surface area contributed by atoms with E-state index in [0.29, 0.717) is 76.9 Å². The lowest BCUT2D eigenvalue weighted by atomic mass is 9.78. The van der Waals surface area contributed by atoms with E-state index in [2.05, 4.69) is 49.5 Å². The van der Waals surface area contributed by atoms with E-state index >= 15 is 0 Å². The molecular weight excluding hydrogens is 792 g/mol. The fraction of sp³-hybridized carbons (Fsp3) is 0.429. The molecule has 18 heteroatoms. The van der Waals surface area contributed by atoms with Gasteiger partial charge >= 0.3 is 0 Å². The molecule has 3 saturated heterocycles. The lowest BCUT2D eigenvalue weighted by Crippen LogP contribution is -2.59. The normalized spacial score (nSPS) is 19.1. The number of carbonyl (C=O) groups excluding carboxylic acids is 5. The van der Waals surface area contributed by atoms with Gasteiger partial charge in [0, 0.05) is 76.4 Å². The summed E-state index contributed by atoms with van der Waals surface area (Å²) in [5.74, 6) is -0.924. The van der Waals surface area contributed by atoms with Crippen molar-refractivity contribution in [3.8, 4) is 5.75 Å². The Morgan fingerprint density at radius 3 is 2.42 bits per heavy atom. The van der Waals surface area contributed by atoms with Crippen molar-refractivity contribution in [1.29, 1.82) is 0 Å². The molecule has 60 heavy (non-hydrogen) atoms. The van der Waals surface area contributed by atoms with Crippen molar-refractivity contribution in [2.24, 2.45) is 13.0 Å². The molecule has 4 aliphatic rings. The minimum absolute atomic E-state index is 0.0639. The number of amides is 5. The van der Waals surface area contributed by atoms with Crippen molar-refractivity contribution in [3.63, 3.8) is 0 Å². The molecule has 314 valence electrons. The number of anilines is 4. The zero-order chi connectivity index (χ0) is 42.5. The molecule has 3 fully saturated rings. The molecule has 2 aromatic carbocycles. The zero-order valence-electron chi connectivity index (χ0n) is 33.9. The van der Waals surface area contributed by atoms with E-state index in [-0.39, 0.29) is 42.2 Å². The second kappa shape index (κ2) is 16.2. The van der Waals surface area contributed by atoms with Gasteiger partial charge in [0.15, 0.2) is 18.2 Å². The van der Waals surface area contributed by atoms with Gasteiger partial charge in [-0.1, -0.05) is 17.7 Å². The van der Waals surface area contributed by atoms with Crippen molar-refractivity contribution in [2.75, 3.05) is 68.0 Å². The van der Waals surface area contributed by atoms with Crippen LogP contribution in [0.5, 0.6) is 5.75 Å².